The van der Waals surface area contributed by atoms with E-state index in [-0.39, 0.29) is 6.10 Å². The Bertz CT molecular complexity index is 249. The first kappa shape index (κ1) is 15.2. The summed E-state index contributed by atoms with van der Waals surface area (Å²) in [5.41, 5.74) is 0. The van der Waals surface area contributed by atoms with Gasteiger partial charge in [0, 0.05) is 38.3 Å². The van der Waals surface area contributed by atoms with Crippen molar-refractivity contribution >= 4 is 0 Å². The van der Waals surface area contributed by atoms with Gasteiger partial charge in [-0.1, -0.05) is 12.8 Å². The predicted octanol–water partition coefficient (Wildman–Crippen LogP) is 1.33. The van der Waals surface area contributed by atoms with Gasteiger partial charge in [-0.05, 0) is 26.7 Å². The highest BCUT2D eigenvalue weighted by Gasteiger charge is 2.27. The highest BCUT2D eigenvalue weighted by Crippen LogP contribution is 2.25. The highest BCUT2D eigenvalue weighted by atomic mass is 16.5. The van der Waals surface area contributed by atoms with Crippen LogP contribution in [0.25, 0.3) is 0 Å². The van der Waals surface area contributed by atoms with E-state index in [1.54, 1.807) is 0 Å². The van der Waals surface area contributed by atoms with Crippen LogP contribution in [0.15, 0.2) is 0 Å². The summed E-state index contributed by atoms with van der Waals surface area (Å²) in [6, 6.07) is 1.22. The van der Waals surface area contributed by atoms with Crippen molar-refractivity contribution in [2.24, 2.45) is 0 Å². The highest BCUT2D eigenvalue weighted by molar-refractivity contribution is 4.82. The molecule has 1 saturated heterocycles. The summed E-state index contributed by atoms with van der Waals surface area (Å²) >= 11 is 0. The maximum atomic E-state index is 10.4. The molecule has 1 atom stereocenters. The molecule has 0 spiro atoms. The molecule has 0 amide bonds. The first-order valence-electron chi connectivity index (χ1n) is 7.90. The summed E-state index contributed by atoms with van der Waals surface area (Å²) < 4.78 is 5.35. The number of ether oxygens (including phenoxy) is 1. The second-order valence-corrected chi connectivity index (χ2v) is 6.30. The molecule has 0 radical (unpaired) electrons. The maximum absolute atomic E-state index is 10.4. The Balaban J connectivity index is 1.78. The van der Waals surface area contributed by atoms with Crippen molar-refractivity contribution in [3.05, 3.63) is 0 Å². The normalized spacial score (nSPS) is 24.5. The number of β-amino-alcohol motifs (C(OH)–C–C–N with tert-alkyl or cyclic N) is 1. The van der Waals surface area contributed by atoms with E-state index in [1.807, 2.05) is 0 Å². The van der Waals surface area contributed by atoms with Crippen molar-refractivity contribution in [3.8, 4) is 0 Å². The van der Waals surface area contributed by atoms with Crippen LogP contribution in [0.1, 0.15) is 39.5 Å². The van der Waals surface area contributed by atoms with Gasteiger partial charge in [0.1, 0.15) is 0 Å². The molecule has 1 N–H and O–H groups in total. The fourth-order valence-corrected chi connectivity index (χ4v) is 3.40. The Morgan fingerprint density at radius 1 is 1.21 bits per heavy atom. The lowest BCUT2D eigenvalue weighted by Crippen LogP contribution is -2.48. The molecule has 2 aliphatic rings. The second-order valence-electron chi connectivity index (χ2n) is 6.30. The van der Waals surface area contributed by atoms with Gasteiger partial charge in [-0.3, -0.25) is 9.80 Å². The molecule has 1 aliphatic heterocycles. The maximum Gasteiger partial charge on any atom is 0.0794 e. The average molecular weight is 270 g/mol. The molecular weight excluding hydrogens is 240 g/mol. The van der Waals surface area contributed by atoms with Gasteiger partial charge in [-0.2, -0.15) is 0 Å². The molecule has 1 saturated carbocycles. The zero-order valence-electron chi connectivity index (χ0n) is 12.6. The summed E-state index contributed by atoms with van der Waals surface area (Å²) in [6.45, 7) is 9.65. The van der Waals surface area contributed by atoms with Crippen LogP contribution in [0.5, 0.6) is 0 Å². The molecule has 0 aromatic heterocycles. The lowest BCUT2D eigenvalue weighted by atomic mass is 10.1. The van der Waals surface area contributed by atoms with E-state index in [9.17, 15) is 5.11 Å². The first-order valence-corrected chi connectivity index (χ1v) is 7.90. The van der Waals surface area contributed by atoms with Gasteiger partial charge < -0.3 is 9.84 Å². The van der Waals surface area contributed by atoms with Gasteiger partial charge in [0.05, 0.1) is 19.3 Å². The van der Waals surface area contributed by atoms with Crippen LogP contribution in [0.4, 0.5) is 0 Å². The number of aliphatic hydroxyl groups excluding tert-OH is 1. The van der Waals surface area contributed by atoms with Crippen LogP contribution in [-0.4, -0.2) is 72.5 Å². The molecule has 2 rings (SSSR count). The van der Waals surface area contributed by atoms with Crippen LogP contribution in [-0.2, 0) is 4.74 Å². The fraction of sp³-hybridized carbons (Fsp3) is 1.00. The monoisotopic (exact) mass is 270 g/mol. The molecular formula is C15H30N2O2. The van der Waals surface area contributed by atoms with Crippen molar-refractivity contribution in [1.29, 1.82) is 0 Å². The predicted molar refractivity (Wildman–Crippen MR) is 77.4 cm³/mol. The van der Waals surface area contributed by atoms with Gasteiger partial charge in [0.2, 0.25) is 0 Å². The van der Waals surface area contributed by atoms with Crippen molar-refractivity contribution in [1.82, 2.24) is 9.80 Å². The number of nitrogens with zero attached hydrogens (tertiary/aromatic N) is 2. The van der Waals surface area contributed by atoms with E-state index in [1.165, 1.54) is 25.7 Å². The van der Waals surface area contributed by atoms with E-state index in [2.05, 4.69) is 23.6 Å². The third-order valence-electron chi connectivity index (χ3n) is 4.45. The van der Waals surface area contributed by atoms with Crippen LogP contribution in [0.2, 0.25) is 0 Å². The fourth-order valence-electron chi connectivity index (χ4n) is 3.40. The second kappa shape index (κ2) is 7.58. The van der Waals surface area contributed by atoms with Gasteiger partial charge in [0.25, 0.3) is 0 Å². The summed E-state index contributed by atoms with van der Waals surface area (Å²) in [7, 11) is 0. The smallest absolute Gasteiger partial charge is 0.0794 e. The van der Waals surface area contributed by atoms with Crippen LogP contribution < -0.4 is 0 Å². The minimum Gasteiger partial charge on any atom is -0.390 e. The summed E-state index contributed by atoms with van der Waals surface area (Å²) in [4.78, 5) is 4.83. The van der Waals surface area contributed by atoms with E-state index < -0.39 is 0 Å². The Labute approximate surface area is 117 Å². The average Bonchev–Trinajstić information content (AvgIpc) is 2.90. The van der Waals surface area contributed by atoms with E-state index in [4.69, 9.17) is 4.74 Å². The van der Waals surface area contributed by atoms with Crippen molar-refractivity contribution in [2.75, 3.05) is 39.4 Å². The number of aliphatic hydroxyl groups is 1. The Morgan fingerprint density at radius 3 is 2.42 bits per heavy atom. The summed E-state index contributed by atoms with van der Waals surface area (Å²) in [5, 5.41) is 10.4. The summed E-state index contributed by atoms with van der Waals surface area (Å²) in [6.07, 6.45) is 5.09. The SMILES string of the molecule is CC(C)N(CC(O)CN1CCOCC1)C1CCCC1. The van der Waals surface area contributed by atoms with Crippen LogP contribution in [0.3, 0.4) is 0 Å². The standard InChI is InChI=1S/C15H30N2O2/c1-13(2)17(14-5-3-4-6-14)12-15(18)11-16-7-9-19-10-8-16/h13-15,18H,3-12H2,1-2H3. The molecule has 19 heavy (non-hydrogen) atoms. The van der Waals surface area contributed by atoms with Crippen molar-refractivity contribution in [2.45, 2.75) is 57.7 Å². The third-order valence-corrected chi connectivity index (χ3v) is 4.45. The topological polar surface area (TPSA) is 35.9 Å². The molecule has 112 valence electrons. The number of rotatable bonds is 6. The van der Waals surface area contributed by atoms with Gasteiger partial charge >= 0.3 is 0 Å². The zero-order valence-corrected chi connectivity index (χ0v) is 12.6. The molecule has 1 unspecified atom stereocenters. The van der Waals surface area contributed by atoms with Crippen molar-refractivity contribution in [3.63, 3.8) is 0 Å². The number of hydrogen-bond donors (Lipinski definition) is 1. The molecule has 0 bridgehead atoms. The quantitative estimate of drug-likeness (QED) is 0.790. The van der Waals surface area contributed by atoms with E-state index in [0.717, 1.165) is 39.4 Å². The molecule has 2 fully saturated rings. The van der Waals surface area contributed by atoms with Crippen molar-refractivity contribution < 1.29 is 9.84 Å². The van der Waals surface area contributed by atoms with E-state index >= 15 is 0 Å². The molecule has 4 nitrogen and oxygen atoms in total. The third kappa shape index (κ3) is 4.71. The van der Waals surface area contributed by atoms with E-state index in [0.29, 0.717) is 12.1 Å². The minimum atomic E-state index is -0.235. The van der Waals surface area contributed by atoms with Crippen LogP contribution in [0, 0.1) is 0 Å². The van der Waals surface area contributed by atoms with Gasteiger partial charge in [-0.25, -0.2) is 0 Å². The lowest BCUT2D eigenvalue weighted by molar-refractivity contribution is -0.000952. The zero-order chi connectivity index (χ0) is 13.7. The van der Waals surface area contributed by atoms with Gasteiger partial charge in [-0.15, -0.1) is 0 Å². The number of hydrogen-bond acceptors (Lipinski definition) is 4. The molecule has 0 aromatic carbocycles. The lowest BCUT2D eigenvalue weighted by Gasteiger charge is -2.36. The van der Waals surface area contributed by atoms with Gasteiger partial charge in [0.15, 0.2) is 0 Å². The Morgan fingerprint density at radius 2 is 1.84 bits per heavy atom. The Hall–Kier alpha value is -0.160. The number of morpholine rings is 1. The minimum absolute atomic E-state index is 0.235. The molecule has 1 aliphatic carbocycles. The Kier molecular flexibility index (Phi) is 6.07. The summed E-state index contributed by atoms with van der Waals surface area (Å²) in [5.74, 6) is 0. The largest absolute Gasteiger partial charge is 0.390 e. The molecule has 4 heteroatoms. The molecule has 1 heterocycles. The molecule has 0 aromatic rings. The first-order chi connectivity index (χ1) is 9.16. The van der Waals surface area contributed by atoms with Crippen LogP contribution >= 0.6 is 0 Å².